The smallest absolute Gasteiger partial charge is 0.358 e. The first-order valence-corrected chi connectivity index (χ1v) is 10.2. The minimum absolute atomic E-state index is 0.0344. The lowest BCUT2D eigenvalue weighted by molar-refractivity contribution is -0.154. The largest absolute Gasteiger partial charge is 0.408 e. The summed E-state index contributed by atoms with van der Waals surface area (Å²) in [5.74, 6) is 0.320. The van der Waals surface area contributed by atoms with E-state index in [2.05, 4.69) is 15.0 Å². The molecule has 1 saturated heterocycles. The third-order valence-corrected chi connectivity index (χ3v) is 6.17. The monoisotopic (exact) mass is 438 g/mol. The van der Waals surface area contributed by atoms with E-state index in [1.54, 1.807) is 0 Å². The van der Waals surface area contributed by atoms with E-state index in [0.717, 1.165) is 35.8 Å². The Kier molecular flexibility index (Phi) is 5.62. The van der Waals surface area contributed by atoms with Crippen LogP contribution in [0.5, 0.6) is 0 Å². The van der Waals surface area contributed by atoms with Crippen molar-refractivity contribution in [1.82, 2.24) is 10.0 Å². The van der Waals surface area contributed by atoms with Crippen LogP contribution in [-0.4, -0.2) is 43.6 Å². The summed E-state index contributed by atoms with van der Waals surface area (Å²) in [6.07, 6.45) is -5.43. The quantitative estimate of drug-likeness (QED) is 0.520. The van der Waals surface area contributed by atoms with Gasteiger partial charge in [0.05, 0.1) is 17.1 Å². The SMILES string of the molecule is Fc1cc2c(c(N3CCC(NCC(F)F)CC3C(F)(F)F)c1)N=C(C1CC1)NS2. The van der Waals surface area contributed by atoms with Crippen LogP contribution in [0, 0.1) is 11.7 Å². The van der Waals surface area contributed by atoms with Crippen LogP contribution in [0.2, 0.25) is 0 Å². The second-order valence-electron chi connectivity index (χ2n) is 7.52. The van der Waals surface area contributed by atoms with Crippen LogP contribution in [0.25, 0.3) is 0 Å². The number of nitrogens with zero attached hydrogens (tertiary/aromatic N) is 2. The molecule has 0 amide bonds. The molecule has 3 aliphatic rings. The average Bonchev–Trinajstić information content (AvgIpc) is 3.49. The van der Waals surface area contributed by atoms with Gasteiger partial charge in [-0.3, -0.25) is 0 Å². The zero-order chi connectivity index (χ0) is 20.8. The van der Waals surface area contributed by atoms with Crippen molar-refractivity contribution in [3.63, 3.8) is 0 Å². The van der Waals surface area contributed by atoms with Gasteiger partial charge in [-0.25, -0.2) is 18.2 Å². The van der Waals surface area contributed by atoms with Crippen LogP contribution in [-0.2, 0) is 0 Å². The first-order valence-electron chi connectivity index (χ1n) is 9.42. The Morgan fingerprint density at radius 3 is 2.66 bits per heavy atom. The van der Waals surface area contributed by atoms with E-state index in [1.807, 2.05) is 0 Å². The van der Waals surface area contributed by atoms with Crippen LogP contribution < -0.4 is 14.9 Å². The molecule has 1 aromatic carbocycles. The lowest BCUT2D eigenvalue weighted by Gasteiger charge is -2.42. The third kappa shape index (κ3) is 4.60. The number of benzene rings is 1. The van der Waals surface area contributed by atoms with E-state index in [1.165, 1.54) is 6.07 Å². The zero-order valence-corrected chi connectivity index (χ0v) is 16.1. The van der Waals surface area contributed by atoms with Crippen LogP contribution in [0.4, 0.5) is 37.7 Å². The van der Waals surface area contributed by atoms with Crippen molar-refractivity contribution in [3.8, 4) is 0 Å². The highest BCUT2D eigenvalue weighted by Crippen LogP contribution is 2.46. The molecule has 0 aromatic heterocycles. The van der Waals surface area contributed by atoms with Crippen molar-refractivity contribution in [2.75, 3.05) is 18.0 Å². The summed E-state index contributed by atoms with van der Waals surface area (Å²) >= 11 is 1.15. The molecule has 2 atom stereocenters. The molecule has 0 bridgehead atoms. The van der Waals surface area contributed by atoms with E-state index >= 15 is 0 Å². The van der Waals surface area contributed by atoms with Gasteiger partial charge in [-0.15, -0.1) is 0 Å². The van der Waals surface area contributed by atoms with Gasteiger partial charge in [-0.05, 0) is 49.8 Å². The molecule has 1 aliphatic carbocycles. The number of piperidine rings is 1. The number of halogens is 6. The minimum atomic E-state index is -4.59. The van der Waals surface area contributed by atoms with Gasteiger partial charge in [0.2, 0.25) is 0 Å². The highest BCUT2D eigenvalue weighted by Gasteiger charge is 2.48. The number of amidine groups is 1. The second-order valence-corrected chi connectivity index (χ2v) is 8.37. The van der Waals surface area contributed by atoms with Gasteiger partial charge in [0.1, 0.15) is 23.4 Å². The van der Waals surface area contributed by atoms with Gasteiger partial charge in [-0.2, -0.15) is 13.2 Å². The first-order chi connectivity index (χ1) is 13.7. The van der Waals surface area contributed by atoms with E-state index in [4.69, 9.17) is 0 Å². The number of anilines is 1. The summed E-state index contributed by atoms with van der Waals surface area (Å²) in [6, 6.07) is -0.247. The van der Waals surface area contributed by atoms with Crippen molar-refractivity contribution in [1.29, 1.82) is 0 Å². The molecule has 2 fully saturated rings. The molecule has 11 heteroatoms. The average molecular weight is 438 g/mol. The Morgan fingerprint density at radius 1 is 1.24 bits per heavy atom. The van der Waals surface area contributed by atoms with Crippen LogP contribution >= 0.6 is 11.9 Å². The molecule has 2 aliphatic heterocycles. The van der Waals surface area contributed by atoms with Gasteiger partial charge in [-0.1, -0.05) is 0 Å². The Morgan fingerprint density at radius 2 is 2.00 bits per heavy atom. The molecule has 2 N–H and O–H groups in total. The van der Waals surface area contributed by atoms with E-state index in [0.29, 0.717) is 16.4 Å². The molecule has 0 spiro atoms. The maximum Gasteiger partial charge on any atom is 0.408 e. The summed E-state index contributed by atoms with van der Waals surface area (Å²) in [5.41, 5.74) is 0.437. The van der Waals surface area contributed by atoms with Crippen molar-refractivity contribution in [2.45, 2.75) is 55.3 Å². The van der Waals surface area contributed by atoms with E-state index in [9.17, 15) is 26.3 Å². The molecule has 160 valence electrons. The molecule has 2 heterocycles. The van der Waals surface area contributed by atoms with Crippen LogP contribution in [0.15, 0.2) is 22.0 Å². The lowest BCUT2D eigenvalue weighted by Crippen LogP contribution is -2.55. The highest BCUT2D eigenvalue weighted by molar-refractivity contribution is 7.98. The Balaban J connectivity index is 1.66. The van der Waals surface area contributed by atoms with E-state index < -0.39 is 37.0 Å². The molecule has 0 radical (unpaired) electrons. The van der Waals surface area contributed by atoms with Gasteiger partial charge >= 0.3 is 6.18 Å². The number of hydrogen-bond donors (Lipinski definition) is 2. The molecule has 2 unspecified atom stereocenters. The molecular weight excluding hydrogens is 418 g/mol. The minimum Gasteiger partial charge on any atom is -0.358 e. The molecular formula is C18H20F6N4S. The predicted molar refractivity (Wildman–Crippen MR) is 99.4 cm³/mol. The number of hydrogen-bond acceptors (Lipinski definition) is 5. The topological polar surface area (TPSA) is 39.7 Å². The van der Waals surface area contributed by atoms with Gasteiger partial charge in [0.25, 0.3) is 6.43 Å². The summed E-state index contributed by atoms with van der Waals surface area (Å²) in [7, 11) is 0. The molecule has 1 saturated carbocycles. The van der Waals surface area contributed by atoms with Gasteiger partial charge in [0.15, 0.2) is 0 Å². The summed E-state index contributed by atoms with van der Waals surface area (Å²) in [5, 5.41) is 2.51. The Labute approximate surface area is 168 Å². The Bertz CT molecular complexity index is 795. The second kappa shape index (κ2) is 7.90. The predicted octanol–water partition coefficient (Wildman–Crippen LogP) is 4.63. The fraction of sp³-hybridized carbons (Fsp3) is 0.611. The molecule has 4 nitrogen and oxygen atoms in total. The number of fused-ring (bicyclic) bond motifs is 1. The van der Waals surface area contributed by atoms with Crippen LogP contribution in [0.3, 0.4) is 0 Å². The van der Waals surface area contributed by atoms with Crippen LogP contribution in [0.1, 0.15) is 25.7 Å². The highest BCUT2D eigenvalue weighted by atomic mass is 32.2. The van der Waals surface area contributed by atoms with Crippen molar-refractivity contribution in [3.05, 3.63) is 17.9 Å². The van der Waals surface area contributed by atoms with Crippen molar-refractivity contribution in [2.24, 2.45) is 10.9 Å². The summed E-state index contributed by atoms with van der Waals surface area (Å²) in [4.78, 5) is 6.07. The van der Waals surface area contributed by atoms with Crippen molar-refractivity contribution >= 4 is 29.2 Å². The maximum atomic E-state index is 14.2. The maximum absolute atomic E-state index is 14.2. The number of aliphatic imine (C=N–C) groups is 1. The Hall–Kier alpha value is -1.62. The number of nitrogens with one attached hydrogen (secondary N) is 2. The third-order valence-electron chi connectivity index (χ3n) is 5.33. The van der Waals surface area contributed by atoms with Crippen molar-refractivity contribution < 1.29 is 26.3 Å². The normalized spacial score (nSPS) is 24.9. The van der Waals surface area contributed by atoms with E-state index in [-0.39, 0.29) is 31.0 Å². The molecule has 4 rings (SSSR count). The number of rotatable bonds is 5. The lowest BCUT2D eigenvalue weighted by atomic mass is 9.95. The molecule has 29 heavy (non-hydrogen) atoms. The molecule has 1 aromatic rings. The fourth-order valence-corrected chi connectivity index (χ4v) is 4.60. The summed E-state index contributed by atoms with van der Waals surface area (Å²) in [6.45, 7) is -0.685. The summed E-state index contributed by atoms with van der Waals surface area (Å²) < 4.78 is 83.6. The first kappa shape index (κ1) is 20.6. The van der Waals surface area contributed by atoms with Gasteiger partial charge in [0, 0.05) is 18.5 Å². The fourth-order valence-electron chi connectivity index (χ4n) is 3.76. The van der Waals surface area contributed by atoms with Gasteiger partial charge < -0.3 is 14.9 Å². The standard InChI is InChI=1S/C18H20F6N4S/c19-10-5-12(16-13(6-10)29-27-17(26-16)9-1-2-9)28-4-3-11(25-8-15(20)21)7-14(28)18(22,23)24/h5-6,9,11,14-15,25H,1-4,7-8H2,(H,26,27). The zero-order valence-electron chi connectivity index (χ0n) is 15.3. The number of alkyl halides is 5.